The van der Waals surface area contributed by atoms with Gasteiger partial charge in [-0.05, 0) is 19.5 Å². The molecule has 32 heavy (non-hydrogen) atoms. The molecule has 0 aliphatic carbocycles. The molecule has 0 radical (unpaired) electrons. The summed E-state index contributed by atoms with van der Waals surface area (Å²) in [5, 5.41) is 6.15. The number of carbonyl (C=O) groups excluding carboxylic acids is 2. The zero-order valence-electron chi connectivity index (χ0n) is 19.0. The van der Waals surface area contributed by atoms with Gasteiger partial charge in [0.25, 0.3) is 5.91 Å². The van der Waals surface area contributed by atoms with Gasteiger partial charge >= 0.3 is 5.97 Å². The fraction of sp³-hybridized carbons (Fsp3) is 0.522. The maximum absolute atomic E-state index is 12.6. The SMILES string of the molecule is COC(=O)C(Cc1nc(C(=O)NC(C)CN2CCN(C)CC2)co1)NCc1ccccc1. The van der Waals surface area contributed by atoms with Crippen LogP contribution in [0.2, 0.25) is 0 Å². The van der Waals surface area contributed by atoms with Crippen LogP contribution in [0.3, 0.4) is 0 Å². The molecule has 2 atom stereocenters. The predicted molar refractivity (Wildman–Crippen MR) is 120 cm³/mol. The molecule has 2 N–H and O–H groups in total. The molecule has 1 amide bonds. The lowest BCUT2D eigenvalue weighted by Gasteiger charge is -2.33. The number of hydrogen-bond acceptors (Lipinski definition) is 8. The van der Waals surface area contributed by atoms with E-state index >= 15 is 0 Å². The van der Waals surface area contributed by atoms with Crippen LogP contribution in [-0.2, 0) is 22.5 Å². The van der Waals surface area contributed by atoms with Crippen LogP contribution in [-0.4, -0.2) is 85.6 Å². The average molecular weight is 444 g/mol. The number of esters is 1. The van der Waals surface area contributed by atoms with Gasteiger partial charge in [0.2, 0.25) is 0 Å². The third-order valence-corrected chi connectivity index (χ3v) is 5.55. The molecule has 2 heterocycles. The van der Waals surface area contributed by atoms with Gasteiger partial charge in [0, 0.05) is 45.3 Å². The van der Waals surface area contributed by atoms with Gasteiger partial charge in [0.1, 0.15) is 12.3 Å². The van der Waals surface area contributed by atoms with Crippen molar-refractivity contribution in [1.29, 1.82) is 0 Å². The Balaban J connectivity index is 1.52. The molecule has 3 rings (SSSR count). The number of likely N-dealkylation sites (N-methyl/N-ethyl adjacent to an activating group) is 1. The number of amides is 1. The van der Waals surface area contributed by atoms with E-state index in [1.54, 1.807) is 0 Å². The summed E-state index contributed by atoms with van der Waals surface area (Å²) in [4.78, 5) is 33.7. The Kier molecular flexibility index (Phi) is 8.78. The highest BCUT2D eigenvalue weighted by Crippen LogP contribution is 2.09. The normalized spacial score (nSPS) is 17.0. The fourth-order valence-electron chi connectivity index (χ4n) is 3.66. The molecule has 2 aromatic rings. The monoisotopic (exact) mass is 443 g/mol. The number of hydrogen-bond donors (Lipinski definition) is 2. The van der Waals surface area contributed by atoms with E-state index in [-0.39, 0.29) is 24.1 Å². The molecule has 0 bridgehead atoms. The predicted octanol–water partition coefficient (Wildman–Crippen LogP) is 0.914. The van der Waals surface area contributed by atoms with Crippen LogP contribution >= 0.6 is 0 Å². The third-order valence-electron chi connectivity index (χ3n) is 5.55. The first-order valence-electron chi connectivity index (χ1n) is 11.0. The maximum Gasteiger partial charge on any atom is 0.323 e. The Morgan fingerprint density at radius 1 is 1.19 bits per heavy atom. The standard InChI is InChI=1S/C23H33N5O4/c1-17(15-28-11-9-27(2)10-12-28)25-22(29)20-16-32-21(26-20)13-19(23(30)31-3)24-14-18-7-5-4-6-8-18/h4-8,16-17,19,24H,9-15H2,1-3H3,(H,25,29). The summed E-state index contributed by atoms with van der Waals surface area (Å²) in [6.45, 7) is 7.33. The van der Waals surface area contributed by atoms with Crippen molar-refractivity contribution in [2.75, 3.05) is 46.9 Å². The molecular formula is C23H33N5O4. The molecule has 1 aliphatic heterocycles. The Bertz CT molecular complexity index is 864. The second-order valence-electron chi connectivity index (χ2n) is 8.25. The highest BCUT2D eigenvalue weighted by molar-refractivity contribution is 5.92. The summed E-state index contributed by atoms with van der Waals surface area (Å²) in [7, 11) is 3.46. The Morgan fingerprint density at radius 3 is 2.59 bits per heavy atom. The van der Waals surface area contributed by atoms with Gasteiger partial charge in [-0.15, -0.1) is 0 Å². The van der Waals surface area contributed by atoms with Crippen molar-refractivity contribution in [3.8, 4) is 0 Å². The molecule has 174 valence electrons. The minimum Gasteiger partial charge on any atom is -0.468 e. The number of piperazine rings is 1. The minimum absolute atomic E-state index is 0.0126. The van der Waals surface area contributed by atoms with E-state index in [0.717, 1.165) is 38.3 Å². The van der Waals surface area contributed by atoms with Crippen LogP contribution in [0.4, 0.5) is 0 Å². The summed E-state index contributed by atoms with van der Waals surface area (Å²) < 4.78 is 10.4. The molecular weight excluding hydrogens is 410 g/mol. The van der Waals surface area contributed by atoms with E-state index in [1.165, 1.54) is 13.4 Å². The number of benzene rings is 1. The van der Waals surface area contributed by atoms with Crippen molar-refractivity contribution in [2.45, 2.75) is 32.0 Å². The van der Waals surface area contributed by atoms with Crippen LogP contribution in [0.25, 0.3) is 0 Å². The number of rotatable bonds is 10. The molecule has 2 unspecified atom stereocenters. The second kappa shape index (κ2) is 11.8. The molecule has 1 saturated heterocycles. The number of aromatic nitrogens is 1. The molecule has 1 fully saturated rings. The summed E-state index contributed by atoms with van der Waals surface area (Å²) >= 11 is 0. The zero-order valence-corrected chi connectivity index (χ0v) is 19.0. The fourth-order valence-corrected chi connectivity index (χ4v) is 3.66. The van der Waals surface area contributed by atoms with Crippen molar-refractivity contribution in [3.63, 3.8) is 0 Å². The van der Waals surface area contributed by atoms with Gasteiger partial charge < -0.3 is 19.4 Å². The summed E-state index contributed by atoms with van der Waals surface area (Å²) in [5.41, 5.74) is 1.25. The van der Waals surface area contributed by atoms with Crippen molar-refractivity contribution in [3.05, 3.63) is 53.7 Å². The lowest BCUT2D eigenvalue weighted by molar-refractivity contribution is -0.143. The number of methoxy groups -OCH3 is 1. The molecule has 1 aromatic heterocycles. The summed E-state index contributed by atoms with van der Waals surface area (Å²) in [6.07, 6.45) is 1.52. The van der Waals surface area contributed by atoms with E-state index in [1.807, 2.05) is 37.3 Å². The first-order valence-corrected chi connectivity index (χ1v) is 11.0. The van der Waals surface area contributed by atoms with Crippen molar-refractivity contribution < 1.29 is 18.7 Å². The number of nitrogens with one attached hydrogen (secondary N) is 2. The van der Waals surface area contributed by atoms with E-state index < -0.39 is 12.0 Å². The topological polar surface area (TPSA) is 99.9 Å². The Morgan fingerprint density at radius 2 is 1.91 bits per heavy atom. The van der Waals surface area contributed by atoms with Crippen molar-refractivity contribution >= 4 is 11.9 Å². The minimum atomic E-state index is -0.633. The summed E-state index contributed by atoms with van der Waals surface area (Å²) in [5.74, 6) is -0.391. The lowest BCUT2D eigenvalue weighted by Crippen LogP contribution is -2.49. The number of oxazole rings is 1. The number of ether oxygens (including phenoxy) is 1. The van der Waals surface area contributed by atoms with Crippen LogP contribution in [0.15, 0.2) is 41.0 Å². The zero-order chi connectivity index (χ0) is 22.9. The first kappa shape index (κ1) is 23.9. The number of carbonyl (C=O) groups is 2. The van der Waals surface area contributed by atoms with E-state index in [0.29, 0.717) is 12.4 Å². The molecule has 1 aliphatic rings. The molecule has 9 nitrogen and oxygen atoms in total. The average Bonchev–Trinajstić information content (AvgIpc) is 3.27. The van der Waals surface area contributed by atoms with Gasteiger partial charge in [-0.2, -0.15) is 0 Å². The van der Waals surface area contributed by atoms with Crippen LogP contribution in [0, 0.1) is 0 Å². The van der Waals surface area contributed by atoms with Gasteiger partial charge in [-0.1, -0.05) is 30.3 Å². The quantitative estimate of drug-likeness (QED) is 0.523. The van der Waals surface area contributed by atoms with E-state index in [4.69, 9.17) is 9.15 Å². The van der Waals surface area contributed by atoms with Gasteiger partial charge in [0.15, 0.2) is 11.6 Å². The van der Waals surface area contributed by atoms with Crippen molar-refractivity contribution in [1.82, 2.24) is 25.4 Å². The molecule has 0 saturated carbocycles. The second-order valence-corrected chi connectivity index (χ2v) is 8.25. The largest absolute Gasteiger partial charge is 0.468 e. The number of nitrogens with zero attached hydrogens (tertiary/aromatic N) is 3. The first-order chi connectivity index (χ1) is 15.4. The van der Waals surface area contributed by atoms with Crippen LogP contribution < -0.4 is 10.6 Å². The van der Waals surface area contributed by atoms with Gasteiger partial charge in [-0.25, -0.2) is 4.98 Å². The Hall–Kier alpha value is -2.75. The van der Waals surface area contributed by atoms with Crippen LogP contribution in [0.1, 0.15) is 28.9 Å². The summed E-state index contributed by atoms with van der Waals surface area (Å²) in [6, 6.07) is 9.11. The molecule has 9 heteroatoms. The third kappa shape index (κ3) is 7.15. The highest BCUT2D eigenvalue weighted by atomic mass is 16.5. The highest BCUT2D eigenvalue weighted by Gasteiger charge is 2.24. The van der Waals surface area contributed by atoms with E-state index in [9.17, 15) is 9.59 Å². The molecule has 1 aromatic carbocycles. The Labute approximate surface area is 189 Å². The van der Waals surface area contributed by atoms with Crippen LogP contribution in [0.5, 0.6) is 0 Å². The van der Waals surface area contributed by atoms with Crippen molar-refractivity contribution in [2.24, 2.45) is 0 Å². The maximum atomic E-state index is 12.6. The van der Waals surface area contributed by atoms with Gasteiger partial charge in [0.05, 0.1) is 13.5 Å². The smallest absolute Gasteiger partial charge is 0.323 e. The van der Waals surface area contributed by atoms with Gasteiger partial charge in [-0.3, -0.25) is 19.8 Å². The molecule has 0 spiro atoms. The van der Waals surface area contributed by atoms with E-state index in [2.05, 4.69) is 32.5 Å². The lowest BCUT2D eigenvalue weighted by atomic mass is 10.1.